The van der Waals surface area contributed by atoms with Gasteiger partial charge in [0.05, 0.1) is 28.3 Å². The molecule has 0 radical (unpaired) electrons. The molecule has 6 nitrogen and oxygen atoms in total. The Kier molecular flexibility index (Phi) is 9.75. The molecule has 0 aliphatic heterocycles. The summed E-state index contributed by atoms with van der Waals surface area (Å²) >= 11 is 0. The van der Waals surface area contributed by atoms with Crippen LogP contribution in [-0.4, -0.2) is 24.1 Å². The fourth-order valence-electron chi connectivity index (χ4n) is 11.2. The average Bonchev–Trinajstić information content (AvgIpc) is 4.15. The molecule has 6 heteroatoms. The second-order valence-electron chi connectivity index (χ2n) is 19.2. The Bertz CT molecular complexity index is 4240. The van der Waals surface area contributed by atoms with Crippen LogP contribution in [0.4, 0.5) is 0 Å². The first-order chi connectivity index (χ1) is 34.8. The highest BCUT2D eigenvalue weighted by molar-refractivity contribution is 6.23. The molecule has 0 unspecified atom stereocenters. The van der Waals surface area contributed by atoms with Crippen molar-refractivity contribution in [2.75, 3.05) is 0 Å². The summed E-state index contributed by atoms with van der Waals surface area (Å²) < 4.78 is 10.5. The van der Waals surface area contributed by atoms with Crippen molar-refractivity contribution in [3.63, 3.8) is 0 Å². The molecule has 0 spiro atoms. The van der Waals surface area contributed by atoms with E-state index in [-0.39, 0.29) is 5.41 Å². The first-order valence-corrected chi connectivity index (χ1v) is 24.5. The van der Waals surface area contributed by atoms with E-state index in [2.05, 4.69) is 225 Å². The molecular formula is C65H49N5O. The summed E-state index contributed by atoms with van der Waals surface area (Å²) in [5.74, 6) is 1.56. The number of hydrogen-bond acceptors (Lipinski definition) is 4. The van der Waals surface area contributed by atoms with Crippen LogP contribution in [0.5, 0.6) is 0 Å². The summed E-state index contributed by atoms with van der Waals surface area (Å²) in [6.07, 6.45) is 4.81. The molecule has 0 saturated carbocycles. The zero-order valence-electron chi connectivity index (χ0n) is 40.1. The Labute approximate surface area is 411 Å². The number of hydrogen-bond donors (Lipinski definition) is 0. The number of furan rings is 1. The lowest BCUT2D eigenvalue weighted by molar-refractivity contribution is 0.615. The Morgan fingerprint density at radius 3 is 1.90 bits per heavy atom. The number of rotatable bonds is 6. The SMILES string of the molecule is C=Cc1coc2cc(-c3nc(-n4c5ccccc5c5ccccc54)nc(-n4c5ccc6ccccc6c5c5cccc(-c6cccc(-c7ccc8c(c7)C(C)(C)c7ccccc7-8)c6)c54)n3)ccc12.CCC. The Morgan fingerprint density at radius 1 is 0.493 bits per heavy atom. The summed E-state index contributed by atoms with van der Waals surface area (Å²) in [6.45, 7) is 12.9. The van der Waals surface area contributed by atoms with Gasteiger partial charge in [-0.1, -0.05) is 192 Å². The van der Waals surface area contributed by atoms with Gasteiger partial charge in [-0.15, -0.1) is 0 Å². The highest BCUT2D eigenvalue weighted by atomic mass is 16.3. The van der Waals surface area contributed by atoms with Crippen LogP contribution in [0.15, 0.2) is 205 Å². The van der Waals surface area contributed by atoms with Crippen molar-refractivity contribution in [2.45, 2.75) is 39.5 Å². The van der Waals surface area contributed by atoms with Crippen molar-refractivity contribution in [3.05, 3.63) is 218 Å². The molecule has 0 saturated heterocycles. The van der Waals surface area contributed by atoms with E-state index in [1.807, 2.05) is 12.1 Å². The first-order valence-electron chi connectivity index (χ1n) is 24.5. The van der Waals surface area contributed by atoms with E-state index in [0.29, 0.717) is 17.7 Å². The Morgan fingerprint density at radius 2 is 1.11 bits per heavy atom. The first kappa shape index (κ1) is 42.2. The van der Waals surface area contributed by atoms with Gasteiger partial charge in [-0.3, -0.25) is 9.13 Å². The summed E-state index contributed by atoms with van der Waals surface area (Å²) in [4.78, 5) is 16.3. The monoisotopic (exact) mass is 915 g/mol. The quantitative estimate of drug-likeness (QED) is 0.167. The topological polar surface area (TPSA) is 61.7 Å². The largest absolute Gasteiger partial charge is 0.464 e. The molecule has 0 amide bonds. The number of fused-ring (bicyclic) bond motifs is 12. The Hall–Kier alpha value is -8.87. The van der Waals surface area contributed by atoms with E-state index in [0.717, 1.165) is 82.4 Å². The van der Waals surface area contributed by atoms with Gasteiger partial charge >= 0.3 is 0 Å². The van der Waals surface area contributed by atoms with Crippen molar-refractivity contribution >= 4 is 71.4 Å². The van der Waals surface area contributed by atoms with E-state index in [1.54, 1.807) is 6.26 Å². The Balaban J connectivity index is 0.00000160. The number of para-hydroxylation sites is 3. The number of benzene rings is 9. The molecule has 71 heavy (non-hydrogen) atoms. The van der Waals surface area contributed by atoms with Crippen LogP contribution in [-0.2, 0) is 5.41 Å². The molecule has 0 bridgehead atoms. The second-order valence-corrected chi connectivity index (χ2v) is 19.2. The van der Waals surface area contributed by atoms with Gasteiger partial charge in [0.15, 0.2) is 5.82 Å². The van der Waals surface area contributed by atoms with Gasteiger partial charge in [-0.05, 0) is 92.2 Å². The molecule has 13 aromatic rings. The van der Waals surface area contributed by atoms with Gasteiger partial charge in [-0.2, -0.15) is 15.0 Å². The molecule has 340 valence electrons. The zero-order valence-corrected chi connectivity index (χ0v) is 40.1. The van der Waals surface area contributed by atoms with Crippen molar-refractivity contribution in [1.82, 2.24) is 24.1 Å². The maximum Gasteiger partial charge on any atom is 0.240 e. The van der Waals surface area contributed by atoms with Crippen molar-refractivity contribution in [3.8, 4) is 56.7 Å². The van der Waals surface area contributed by atoms with E-state index in [9.17, 15) is 0 Å². The maximum absolute atomic E-state index is 6.08. The standard InChI is InChI=1S/C62H41N5O.C3H8/c1-4-37-36-68-56-35-42(28-30-43(37)56)59-63-60(66-53-25-11-8-20-48(53)49-21-9-12-26-54(49)66)65-61(64-59)67-55-32-29-38-15-5-6-18-44(38)57(55)50-23-14-22-45(58(50)67)41-17-13-16-39(33-41)40-27-31-47-46-19-7-10-24-51(46)62(2,3)52(47)34-40;1-3-2/h4-36H,1H2,2-3H3;3H2,1-2H3. The van der Waals surface area contributed by atoms with Crippen molar-refractivity contribution in [2.24, 2.45) is 0 Å². The lowest BCUT2D eigenvalue weighted by atomic mass is 9.81. The smallest absolute Gasteiger partial charge is 0.240 e. The second kappa shape index (κ2) is 16.4. The molecule has 0 atom stereocenters. The minimum absolute atomic E-state index is 0.103. The van der Waals surface area contributed by atoms with Crippen LogP contribution >= 0.6 is 0 Å². The lowest BCUT2D eigenvalue weighted by Gasteiger charge is -2.22. The maximum atomic E-state index is 6.08. The highest BCUT2D eigenvalue weighted by Crippen LogP contribution is 2.50. The molecule has 0 fully saturated rings. The number of nitrogens with zero attached hydrogens (tertiary/aromatic N) is 5. The van der Waals surface area contributed by atoms with Crippen LogP contribution in [0.3, 0.4) is 0 Å². The zero-order chi connectivity index (χ0) is 48.0. The van der Waals surface area contributed by atoms with Gasteiger partial charge < -0.3 is 4.42 Å². The van der Waals surface area contributed by atoms with Crippen LogP contribution in [0.25, 0.3) is 128 Å². The van der Waals surface area contributed by atoms with Crippen LogP contribution in [0.2, 0.25) is 0 Å². The minimum Gasteiger partial charge on any atom is -0.464 e. The minimum atomic E-state index is -0.103. The molecular weight excluding hydrogens is 867 g/mol. The summed E-state index contributed by atoms with van der Waals surface area (Å²) in [5, 5.41) is 7.83. The van der Waals surface area contributed by atoms with E-state index < -0.39 is 0 Å². The van der Waals surface area contributed by atoms with Gasteiger partial charge in [0, 0.05) is 49.0 Å². The van der Waals surface area contributed by atoms with Gasteiger partial charge in [0.2, 0.25) is 11.9 Å². The van der Waals surface area contributed by atoms with Gasteiger partial charge in [0.1, 0.15) is 5.58 Å². The molecule has 4 heterocycles. The third-order valence-corrected chi connectivity index (χ3v) is 14.4. The fourth-order valence-corrected chi connectivity index (χ4v) is 11.2. The third-order valence-electron chi connectivity index (χ3n) is 14.4. The lowest BCUT2D eigenvalue weighted by Crippen LogP contribution is -2.14. The fraction of sp³-hybridized carbons (Fsp3) is 0.0923. The van der Waals surface area contributed by atoms with Crippen LogP contribution < -0.4 is 0 Å². The number of aromatic nitrogens is 5. The van der Waals surface area contributed by atoms with Crippen molar-refractivity contribution in [1.29, 1.82) is 0 Å². The van der Waals surface area contributed by atoms with Gasteiger partial charge in [-0.25, -0.2) is 0 Å². The molecule has 0 N–H and O–H groups in total. The van der Waals surface area contributed by atoms with Crippen LogP contribution in [0.1, 0.15) is 50.8 Å². The summed E-state index contributed by atoms with van der Waals surface area (Å²) in [6, 6.07) is 67.6. The molecule has 1 aliphatic carbocycles. The molecule has 14 rings (SSSR count). The summed E-state index contributed by atoms with van der Waals surface area (Å²) in [5.41, 5.74) is 16.3. The molecule has 4 aromatic heterocycles. The van der Waals surface area contributed by atoms with Crippen molar-refractivity contribution < 1.29 is 4.42 Å². The van der Waals surface area contributed by atoms with Gasteiger partial charge in [0.25, 0.3) is 0 Å². The molecule has 9 aromatic carbocycles. The van der Waals surface area contributed by atoms with E-state index >= 15 is 0 Å². The summed E-state index contributed by atoms with van der Waals surface area (Å²) in [7, 11) is 0. The third kappa shape index (κ3) is 6.51. The predicted molar refractivity (Wildman–Crippen MR) is 296 cm³/mol. The highest BCUT2D eigenvalue weighted by Gasteiger charge is 2.35. The van der Waals surface area contributed by atoms with E-state index in [1.165, 1.54) is 45.0 Å². The average molecular weight is 916 g/mol. The normalized spacial score (nSPS) is 12.7. The van der Waals surface area contributed by atoms with E-state index in [4.69, 9.17) is 19.4 Å². The molecule has 1 aliphatic rings. The predicted octanol–water partition coefficient (Wildman–Crippen LogP) is 17.3. The van der Waals surface area contributed by atoms with Crippen LogP contribution in [0, 0.1) is 0 Å².